The number of hydrogen-bond acceptors (Lipinski definition) is 5. The van der Waals surface area contributed by atoms with Crippen molar-refractivity contribution in [2.45, 2.75) is 60.2 Å². The van der Waals surface area contributed by atoms with E-state index in [9.17, 15) is 9.59 Å². The van der Waals surface area contributed by atoms with Gasteiger partial charge in [-0.05, 0) is 44.7 Å². The maximum absolute atomic E-state index is 12.1. The summed E-state index contributed by atoms with van der Waals surface area (Å²) in [4.78, 5) is 29.2. The highest BCUT2D eigenvalue weighted by atomic mass is 32.1. The second-order valence-corrected chi connectivity index (χ2v) is 8.70. The van der Waals surface area contributed by atoms with Crippen LogP contribution in [0.5, 0.6) is 5.75 Å². The highest BCUT2D eigenvalue weighted by molar-refractivity contribution is 7.11. The molecule has 6 nitrogen and oxygen atoms in total. The van der Waals surface area contributed by atoms with Crippen LogP contribution in [0.4, 0.5) is 0 Å². The van der Waals surface area contributed by atoms with Gasteiger partial charge in [0.25, 0.3) is 0 Å². The van der Waals surface area contributed by atoms with Crippen molar-refractivity contribution in [2.75, 3.05) is 0 Å². The number of amides is 2. The summed E-state index contributed by atoms with van der Waals surface area (Å²) in [5.41, 5.74) is 1.93. The molecule has 2 rings (SSSR count). The molecule has 28 heavy (non-hydrogen) atoms. The van der Waals surface area contributed by atoms with Crippen LogP contribution in [-0.4, -0.2) is 22.9 Å². The zero-order valence-corrected chi connectivity index (χ0v) is 18.0. The van der Waals surface area contributed by atoms with Crippen LogP contribution >= 0.6 is 11.3 Å². The lowest BCUT2D eigenvalue weighted by molar-refractivity contribution is -0.139. The maximum Gasteiger partial charge on any atom is 0.309 e. The number of thiazole rings is 1. The van der Waals surface area contributed by atoms with Gasteiger partial charge in [0.15, 0.2) is 0 Å². The predicted molar refractivity (Wildman–Crippen MR) is 111 cm³/mol. The highest BCUT2D eigenvalue weighted by Gasteiger charge is 2.15. The third-order valence-corrected chi connectivity index (χ3v) is 5.00. The first kappa shape index (κ1) is 21.9. The lowest BCUT2D eigenvalue weighted by atomic mass is 10.1. The molecule has 2 aromatic rings. The lowest BCUT2D eigenvalue weighted by Crippen LogP contribution is -2.39. The standard InChI is InChI=1S/C21H29N3O3S/c1-13(2)8-15(4)27-19-9-14(3)6-7-17(19)10-23-20(25)21(26)24-12-18-11-22-16(5)28-18/h6-7,9,11,13,15H,8,10,12H2,1-5H3,(H,23,25)(H,24,26). The van der Waals surface area contributed by atoms with Crippen LogP contribution in [0.2, 0.25) is 0 Å². The van der Waals surface area contributed by atoms with Gasteiger partial charge >= 0.3 is 11.8 Å². The van der Waals surface area contributed by atoms with Crippen molar-refractivity contribution in [2.24, 2.45) is 5.92 Å². The van der Waals surface area contributed by atoms with Gasteiger partial charge in [-0.15, -0.1) is 11.3 Å². The van der Waals surface area contributed by atoms with Crippen LogP contribution in [0, 0.1) is 19.8 Å². The molecule has 0 bridgehead atoms. The summed E-state index contributed by atoms with van der Waals surface area (Å²) in [6.45, 7) is 10.8. The fourth-order valence-electron chi connectivity index (χ4n) is 2.84. The van der Waals surface area contributed by atoms with Gasteiger partial charge in [0.2, 0.25) is 0 Å². The van der Waals surface area contributed by atoms with Gasteiger partial charge in [-0.3, -0.25) is 9.59 Å². The van der Waals surface area contributed by atoms with E-state index >= 15 is 0 Å². The molecule has 7 heteroatoms. The van der Waals surface area contributed by atoms with Crippen LogP contribution in [-0.2, 0) is 22.7 Å². The fourth-order valence-corrected chi connectivity index (χ4v) is 3.57. The predicted octanol–water partition coefficient (Wildman–Crippen LogP) is 3.51. The first-order valence-electron chi connectivity index (χ1n) is 9.48. The molecule has 0 spiro atoms. The van der Waals surface area contributed by atoms with Crippen molar-refractivity contribution < 1.29 is 14.3 Å². The van der Waals surface area contributed by atoms with E-state index in [-0.39, 0.29) is 12.6 Å². The van der Waals surface area contributed by atoms with Crippen molar-refractivity contribution in [1.29, 1.82) is 0 Å². The van der Waals surface area contributed by atoms with Gasteiger partial charge in [-0.2, -0.15) is 0 Å². The van der Waals surface area contributed by atoms with Gasteiger partial charge < -0.3 is 15.4 Å². The van der Waals surface area contributed by atoms with Crippen LogP contribution in [0.15, 0.2) is 24.4 Å². The zero-order chi connectivity index (χ0) is 20.7. The number of aromatic nitrogens is 1. The summed E-state index contributed by atoms with van der Waals surface area (Å²) < 4.78 is 6.08. The van der Waals surface area contributed by atoms with Gasteiger partial charge in [0.1, 0.15) is 5.75 Å². The number of hydrogen-bond donors (Lipinski definition) is 2. The molecule has 0 aliphatic rings. The van der Waals surface area contributed by atoms with Crippen LogP contribution in [0.1, 0.15) is 48.2 Å². The smallest absolute Gasteiger partial charge is 0.309 e. The number of carbonyl (C=O) groups is 2. The summed E-state index contributed by atoms with van der Waals surface area (Å²) in [5, 5.41) is 6.21. The second-order valence-electron chi connectivity index (χ2n) is 7.38. The summed E-state index contributed by atoms with van der Waals surface area (Å²) >= 11 is 1.49. The number of nitrogens with one attached hydrogen (secondary N) is 2. The molecule has 0 saturated carbocycles. The largest absolute Gasteiger partial charge is 0.490 e. The number of aryl methyl sites for hydroxylation is 2. The highest BCUT2D eigenvalue weighted by Crippen LogP contribution is 2.23. The summed E-state index contributed by atoms with van der Waals surface area (Å²) in [6.07, 6.45) is 2.72. The van der Waals surface area contributed by atoms with Crippen molar-refractivity contribution >= 4 is 23.2 Å². The van der Waals surface area contributed by atoms with E-state index in [0.717, 1.165) is 33.2 Å². The SMILES string of the molecule is Cc1ccc(CNC(=O)C(=O)NCc2cnc(C)s2)c(OC(C)CC(C)C)c1. The van der Waals surface area contributed by atoms with E-state index < -0.39 is 11.8 Å². The number of carbonyl (C=O) groups excluding carboxylic acids is 2. The normalized spacial score (nSPS) is 11.9. The maximum atomic E-state index is 12.1. The molecule has 0 aliphatic heterocycles. The first-order chi connectivity index (χ1) is 13.2. The average molecular weight is 404 g/mol. The van der Waals surface area contributed by atoms with E-state index in [1.54, 1.807) is 6.20 Å². The summed E-state index contributed by atoms with van der Waals surface area (Å²) in [6, 6.07) is 5.85. The Bertz CT molecular complexity index is 817. The average Bonchev–Trinajstić information content (AvgIpc) is 3.03. The molecule has 0 saturated heterocycles. The number of benzene rings is 1. The molecule has 1 atom stereocenters. The molecule has 1 unspecified atom stereocenters. The Hall–Kier alpha value is -2.41. The Labute approximate surface area is 170 Å². The zero-order valence-electron chi connectivity index (χ0n) is 17.2. The second kappa shape index (κ2) is 10.2. The van der Waals surface area contributed by atoms with Gasteiger partial charge in [0, 0.05) is 23.2 Å². The van der Waals surface area contributed by atoms with E-state index in [0.29, 0.717) is 12.5 Å². The van der Waals surface area contributed by atoms with Crippen LogP contribution in [0.25, 0.3) is 0 Å². The Balaban J connectivity index is 1.91. The molecule has 2 N–H and O–H groups in total. The molecule has 152 valence electrons. The third-order valence-electron chi connectivity index (χ3n) is 4.09. The van der Waals surface area contributed by atoms with Crippen molar-refractivity contribution in [3.05, 3.63) is 45.4 Å². The third kappa shape index (κ3) is 6.96. The minimum Gasteiger partial charge on any atom is -0.490 e. The number of nitrogens with zero attached hydrogens (tertiary/aromatic N) is 1. The number of rotatable bonds is 8. The molecular weight excluding hydrogens is 374 g/mol. The topological polar surface area (TPSA) is 80.3 Å². The molecule has 0 fully saturated rings. The van der Waals surface area contributed by atoms with Crippen LogP contribution < -0.4 is 15.4 Å². The Morgan fingerprint density at radius 3 is 2.39 bits per heavy atom. The molecule has 2 amide bonds. The van der Waals surface area contributed by atoms with Gasteiger partial charge in [-0.25, -0.2) is 4.98 Å². The quantitative estimate of drug-likeness (QED) is 0.661. The molecule has 1 aromatic carbocycles. The van der Waals surface area contributed by atoms with Gasteiger partial charge in [-0.1, -0.05) is 26.0 Å². The van der Waals surface area contributed by atoms with E-state index in [2.05, 4.69) is 29.5 Å². The van der Waals surface area contributed by atoms with Crippen molar-refractivity contribution in [3.63, 3.8) is 0 Å². The van der Waals surface area contributed by atoms with Crippen molar-refractivity contribution in [1.82, 2.24) is 15.6 Å². The Morgan fingerprint density at radius 1 is 1.11 bits per heavy atom. The summed E-state index contributed by atoms with van der Waals surface area (Å²) in [5.74, 6) is -0.0419. The molecule has 1 aromatic heterocycles. The minimum atomic E-state index is -0.664. The lowest BCUT2D eigenvalue weighted by Gasteiger charge is -2.19. The van der Waals surface area contributed by atoms with E-state index in [1.807, 2.05) is 39.0 Å². The summed E-state index contributed by atoms with van der Waals surface area (Å²) in [7, 11) is 0. The molecule has 0 radical (unpaired) electrons. The Kier molecular flexibility index (Phi) is 7.99. The molecular formula is C21H29N3O3S. The number of ether oxygens (including phenoxy) is 1. The Morgan fingerprint density at radius 2 is 1.79 bits per heavy atom. The van der Waals surface area contributed by atoms with Gasteiger partial charge in [0.05, 0.1) is 17.7 Å². The van der Waals surface area contributed by atoms with Crippen molar-refractivity contribution in [3.8, 4) is 5.75 Å². The monoisotopic (exact) mass is 403 g/mol. The van der Waals surface area contributed by atoms with E-state index in [4.69, 9.17) is 4.74 Å². The van der Waals surface area contributed by atoms with Crippen LogP contribution in [0.3, 0.4) is 0 Å². The first-order valence-corrected chi connectivity index (χ1v) is 10.3. The molecule has 0 aliphatic carbocycles. The minimum absolute atomic E-state index is 0.0717. The van der Waals surface area contributed by atoms with E-state index in [1.165, 1.54) is 11.3 Å². The molecule has 1 heterocycles. The fraction of sp³-hybridized carbons (Fsp3) is 0.476.